The summed E-state index contributed by atoms with van der Waals surface area (Å²) in [5.74, 6) is 0.956. The van der Waals surface area contributed by atoms with Crippen LogP contribution in [-0.2, 0) is 10.2 Å². The first-order valence-corrected chi connectivity index (χ1v) is 9.29. The number of carbonyl (C=O) groups is 1. The van der Waals surface area contributed by atoms with Gasteiger partial charge in [0.15, 0.2) is 6.61 Å². The molecule has 0 saturated carbocycles. The third kappa shape index (κ3) is 5.60. The second kappa shape index (κ2) is 8.05. The Morgan fingerprint density at radius 2 is 1.88 bits per heavy atom. The van der Waals surface area contributed by atoms with E-state index < -0.39 is 0 Å². The molecule has 0 bridgehead atoms. The Bertz CT molecular complexity index is 748. The van der Waals surface area contributed by atoms with Crippen LogP contribution in [0.3, 0.4) is 0 Å². The fraction of sp³-hybridized carbons (Fsp3) is 0.381. The minimum atomic E-state index is -0.181. The van der Waals surface area contributed by atoms with Crippen molar-refractivity contribution in [1.82, 2.24) is 0 Å². The van der Waals surface area contributed by atoms with Gasteiger partial charge in [-0.25, -0.2) is 0 Å². The lowest BCUT2D eigenvalue weighted by molar-refractivity contribution is -0.118. The zero-order valence-corrected chi connectivity index (χ0v) is 17.1. The Labute approximate surface area is 158 Å². The fourth-order valence-corrected chi connectivity index (χ4v) is 2.86. The maximum Gasteiger partial charge on any atom is 0.262 e. The van der Waals surface area contributed by atoms with Crippen LogP contribution >= 0.6 is 15.9 Å². The highest BCUT2D eigenvalue weighted by atomic mass is 79.9. The summed E-state index contributed by atoms with van der Waals surface area (Å²) in [7, 11) is 0. The molecule has 2 rings (SSSR count). The summed E-state index contributed by atoms with van der Waals surface area (Å²) in [6.45, 7) is 10.7. The standard InChI is InChI=1S/C21H26BrNO2/c1-14(2)15-7-6-8-17(11-15)25-13-20(24)23-19-10-9-16(12-18(19)22)21(3,4)5/h6-12,14H,13H2,1-5H3,(H,23,24). The van der Waals surface area contributed by atoms with Gasteiger partial charge in [-0.3, -0.25) is 4.79 Å². The van der Waals surface area contributed by atoms with Crippen LogP contribution in [0.4, 0.5) is 5.69 Å². The molecule has 134 valence electrons. The minimum absolute atomic E-state index is 0.0188. The smallest absolute Gasteiger partial charge is 0.262 e. The summed E-state index contributed by atoms with van der Waals surface area (Å²) in [6.07, 6.45) is 0. The topological polar surface area (TPSA) is 38.3 Å². The van der Waals surface area contributed by atoms with Gasteiger partial charge in [0, 0.05) is 4.47 Å². The molecule has 0 heterocycles. The number of nitrogens with one attached hydrogen (secondary N) is 1. The highest BCUT2D eigenvalue weighted by Gasteiger charge is 2.15. The van der Waals surface area contributed by atoms with E-state index >= 15 is 0 Å². The molecular weight excluding hydrogens is 378 g/mol. The largest absolute Gasteiger partial charge is 0.484 e. The molecule has 3 nitrogen and oxygen atoms in total. The van der Waals surface area contributed by atoms with Gasteiger partial charge in [-0.2, -0.15) is 0 Å². The molecule has 0 fully saturated rings. The summed E-state index contributed by atoms with van der Waals surface area (Å²) in [5.41, 5.74) is 3.21. The lowest BCUT2D eigenvalue weighted by Crippen LogP contribution is -2.20. The molecule has 0 unspecified atom stereocenters. The summed E-state index contributed by atoms with van der Waals surface area (Å²) in [6, 6.07) is 13.9. The molecule has 1 N–H and O–H groups in total. The SMILES string of the molecule is CC(C)c1cccc(OCC(=O)Nc2ccc(C(C)(C)C)cc2Br)c1. The number of benzene rings is 2. The van der Waals surface area contributed by atoms with E-state index in [1.807, 2.05) is 36.4 Å². The van der Waals surface area contributed by atoms with E-state index in [1.165, 1.54) is 11.1 Å². The lowest BCUT2D eigenvalue weighted by atomic mass is 9.87. The van der Waals surface area contributed by atoms with Crippen LogP contribution in [-0.4, -0.2) is 12.5 Å². The average molecular weight is 404 g/mol. The van der Waals surface area contributed by atoms with Crippen LogP contribution in [0.1, 0.15) is 51.7 Å². The van der Waals surface area contributed by atoms with E-state index in [-0.39, 0.29) is 17.9 Å². The van der Waals surface area contributed by atoms with Crippen LogP contribution in [0, 0.1) is 0 Å². The number of halogens is 1. The summed E-state index contributed by atoms with van der Waals surface area (Å²) in [5, 5.41) is 2.89. The fourth-order valence-electron chi connectivity index (χ4n) is 2.38. The van der Waals surface area contributed by atoms with E-state index in [1.54, 1.807) is 0 Å². The summed E-state index contributed by atoms with van der Waals surface area (Å²) in [4.78, 5) is 12.2. The van der Waals surface area contributed by atoms with Gasteiger partial charge in [0.1, 0.15) is 5.75 Å². The van der Waals surface area contributed by atoms with Crippen LogP contribution < -0.4 is 10.1 Å². The number of hydrogen-bond donors (Lipinski definition) is 1. The Balaban J connectivity index is 1.98. The quantitative estimate of drug-likeness (QED) is 0.675. The average Bonchev–Trinajstić information content (AvgIpc) is 2.54. The molecule has 2 aromatic carbocycles. The zero-order chi connectivity index (χ0) is 18.6. The van der Waals surface area contributed by atoms with Crippen molar-refractivity contribution < 1.29 is 9.53 Å². The maximum atomic E-state index is 12.2. The van der Waals surface area contributed by atoms with Crippen molar-refractivity contribution in [3.8, 4) is 5.75 Å². The zero-order valence-electron chi connectivity index (χ0n) is 15.5. The molecule has 0 aliphatic carbocycles. The number of rotatable bonds is 5. The molecule has 0 saturated heterocycles. The van der Waals surface area contributed by atoms with Gasteiger partial charge in [0.05, 0.1) is 5.69 Å². The van der Waals surface area contributed by atoms with Crippen LogP contribution in [0.2, 0.25) is 0 Å². The van der Waals surface area contributed by atoms with Crippen LogP contribution in [0.25, 0.3) is 0 Å². The molecule has 2 aromatic rings. The normalized spacial score (nSPS) is 11.5. The molecule has 0 spiro atoms. The predicted molar refractivity (Wildman–Crippen MR) is 107 cm³/mol. The lowest BCUT2D eigenvalue weighted by Gasteiger charge is -2.20. The van der Waals surface area contributed by atoms with Crippen molar-refractivity contribution >= 4 is 27.5 Å². The molecule has 25 heavy (non-hydrogen) atoms. The molecule has 4 heteroatoms. The van der Waals surface area contributed by atoms with E-state index in [2.05, 4.69) is 61.9 Å². The van der Waals surface area contributed by atoms with Gasteiger partial charge in [-0.05, 0) is 62.7 Å². The van der Waals surface area contributed by atoms with Crippen molar-refractivity contribution in [2.75, 3.05) is 11.9 Å². The van der Waals surface area contributed by atoms with Crippen molar-refractivity contribution in [3.63, 3.8) is 0 Å². The predicted octanol–water partition coefficient (Wildman–Crippen LogP) is 5.89. The number of ether oxygens (including phenoxy) is 1. The highest BCUT2D eigenvalue weighted by molar-refractivity contribution is 9.10. The molecule has 0 aliphatic heterocycles. The summed E-state index contributed by atoms with van der Waals surface area (Å²) < 4.78 is 6.49. The van der Waals surface area contributed by atoms with Crippen LogP contribution in [0.5, 0.6) is 5.75 Å². The third-order valence-corrected chi connectivity index (χ3v) is 4.66. The maximum absolute atomic E-state index is 12.2. The molecular formula is C21H26BrNO2. The van der Waals surface area contributed by atoms with Gasteiger partial charge in [-0.1, -0.05) is 52.8 Å². The summed E-state index contributed by atoms with van der Waals surface area (Å²) >= 11 is 3.53. The molecule has 0 aromatic heterocycles. The van der Waals surface area contributed by atoms with Gasteiger partial charge >= 0.3 is 0 Å². The van der Waals surface area contributed by atoms with E-state index in [9.17, 15) is 4.79 Å². The molecule has 0 radical (unpaired) electrons. The first kappa shape index (κ1) is 19.5. The first-order chi connectivity index (χ1) is 11.7. The number of amides is 1. The monoisotopic (exact) mass is 403 g/mol. The van der Waals surface area contributed by atoms with Crippen molar-refractivity contribution in [3.05, 3.63) is 58.1 Å². The Morgan fingerprint density at radius 1 is 1.16 bits per heavy atom. The Morgan fingerprint density at radius 3 is 2.48 bits per heavy atom. The van der Waals surface area contributed by atoms with E-state index in [0.29, 0.717) is 11.7 Å². The van der Waals surface area contributed by atoms with E-state index in [0.717, 1.165) is 10.2 Å². The van der Waals surface area contributed by atoms with Gasteiger partial charge in [-0.15, -0.1) is 0 Å². The number of anilines is 1. The second-order valence-electron chi connectivity index (χ2n) is 7.51. The van der Waals surface area contributed by atoms with Crippen molar-refractivity contribution in [1.29, 1.82) is 0 Å². The molecule has 1 amide bonds. The molecule has 0 aliphatic rings. The second-order valence-corrected chi connectivity index (χ2v) is 8.36. The van der Waals surface area contributed by atoms with Gasteiger partial charge in [0.2, 0.25) is 0 Å². The Hall–Kier alpha value is -1.81. The molecule has 0 atom stereocenters. The number of hydrogen-bond acceptors (Lipinski definition) is 2. The number of carbonyl (C=O) groups excluding carboxylic acids is 1. The van der Waals surface area contributed by atoms with Crippen LogP contribution in [0.15, 0.2) is 46.9 Å². The van der Waals surface area contributed by atoms with Crippen molar-refractivity contribution in [2.24, 2.45) is 0 Å². The highest BCUT2D eigenvalue weighted by Crippen LogP contribution is 2.30. The Kier molecular flexibility index (Phi) is 6.28. The van der Waals surface area contributed by atoms with Gasteiger partial charge in [0.25, 0.3) is 5.91 Å². The first-order valence-electron chi connectivity index (χ1n) is 8.49. The third-order valence-electron chi connectivity index (χ3n) is 4.00. The van der Waals surface area contributed by atoms with E-state index in [4.69, 9.17) is 4.74 Å². The van der Waals surface area contributed by atoms with Gasteiger partial charge < -0.3 is 10.1 Å². The van der Waals surface area contributed by atoms with Crippen molar-refractivity contribution in [2.45, 2.75) is 46.0 Å². The minimum Gasteiger partial charge on any atom is -0.484 e.